The number of sulfonamides is 1. The fourth-order valence-electron chi connectivity index (χ4n) is 2.71. The lowest BCUT2D eigenvalue weighted by Crippen LogP contribution is -2.42. The zero-order valence-electron chi connectivity index (χ0n) is 13.6. The van der Waals surface area contributed by atoms with E-state index in [-0.39, 0.29) is 17.1 Å². The number of fused-ring (bicyclic) bond motifs is 1. The molecule has 0 saturated carbocycles. The Morgan fingerprint density at radius 3 is 2.75 bits per heavy atom. The first-order valence-electron chi connectivity index (χ1n) is 7.67. The van der Waals surface area contributed by atoms with Crippen LogP contribution in [-0.2, 0) is 14.8 Å². The van der Waals surface area contributed by atoms with Gasteiger partial charge in [0.1, 0.15) is 0 Å². The zero-order valence-corrected chi connectivity index (χ0v) is 15.2. The summed E-state index contributed by atoms with van der Waals surface area (Å²) in [5, 5.41) is 1.78. The molecule has 0 unspecified atom stereocenters. The van der Waals surface area contributed by atoms with Crippen molar-refractivity contribution in [1.82, 2.24) is 19.0 Å². The molecule has 0 atom stereocenters. The molecule has 1 aliphatic heterocycles. The van der Waals surface area contributed by atoms with E-state index in [9.17, 15) is 13.2 Å². The monoisotopic (exact) mass is 372 g/mol. The molecule has 0 amide bonds. The van der Waals surface area contributed by atoms with Gasteiger partial charge >= 0.3 is 0 Å². The van der Waals surface area contributed by atoms with Crippen LogP contribution in [0.1, 0.15) is 11.4 Å². The fourth-order valence-corrected chi connectivity index (χ4v) is 4.88. The molecule has 0 aromatic carbocycles. The van der Waals surface area contributed by atoms with Crippen LogP contribution in [0.2, 0.25) is 0 Å². The van der Waals surface area contributed by atoms with Gasteiger partial charge in [-0.1, -0.05) is 0 Å². The summed E-state index contributed by atoms with van der Waals surface area (Å²) in [5.41, 5.74) is 0.355. The number of hydrogen-bond donors (Lipinski definition) is 1. The molecule has 2 aromatic heterocycles. The number of rotatable bonds is 5. The third kappa shape index (κ3) is 3.38. The van der Waals surface area contributed by atoms with Crippen LogP contribution in [0, 0.1) is 13.8 Å². The second kappa shape index (κ2) is 6.89. The number of nitrogens with zero attached hydrogens (tertiary/aromatic N) is 3. The summed E-state index contributed by atoms with van der Waals surface area (Å²) in [7, 11) is -3.91. The van der Waals surface area contributed by atoms with Gasteiger partial charge in [-0.25, -0.2) is 18.1 Å². The van der Waals surface area contributed by atoms with Crippen molar-refractivity contribution in [1.29, 1.82) is 0 Å². The summed E-state index contributed by atoms with van der Waals surface area (Å²) in [6.45, 7) is 7.01. The van der Waals surface area contributed by atoms with E-state index in [2.05, 4.69) is 14.6 Å². The molecular formula is C14H20N4O4S2. The molecule has 8 nitrogen and oxygen atoms in total. The molecule has 10 heteroatoms. The molecule has 24 heavy (non-hydrogen) atoms. The minimum atomic E-state index is -3.91. The number of aryl methyl sites for hydroxylation is 2. The Kier molecular flexibility index (Phi) is 5.02. The Hall–Kier alpha value is -1.33. The first-order chi connectivity index (χ1) is 11.4. The van der Waals surface area contributed by atoms with Crippen molar-refractivity contribution >= 4 is 26.3 Å². The molecule has 1 N–H and O–H groups in total. The normalized spacial score (nSPS) is 16.8. The van der Waals surface area contributed by atoms with Crippen molar-refractivity contribution in [2.24, 2.45) is 0 Å². The third-order valence-electron chi connectivity index (χ3n) is 3.96. The van der Waals surface area contributed by atoms with Gasteiger partial charge in [-0.2, -0.15) is 0 Å². The minimum absolute atomic E-state index is 0.223. The maximum atomic E-state index is 12.6. The summed E-state index contributed by atoms with van der Waals surface area (Å²) in [5.74, 6) is 0. The summed E-state index contributed by atoms with van der Waals surface area (Å²) in [6.07, 6.45) is 0. The van der Waals surface area contributed by atoms with E-state index in [1.165, 1.54) is 15.7 Å². The molecule has 3 rings (SSSR count). The topological polar surface area (TPSA) is 93.0 Å². The molecule has 3 heterocycles. The van der Waals surface area contributed by atoms with Gasteiger partial charge in [-0.15, -0.1) is 11.3 Å². The van der Waals surface area contributed by atoms with E-state index in [0.29, 0.717) is 30.4 Å². The van der Waals surface area contributed by atoms with Crippen molar-refractivity contribution in [3.63, 3.8) is 0 Å². The van der Waals surface area contributed by atoms with E-state index in [1.54, 1.807) is 19.2 Å². The number of hydrogen-bond acceptors (Lipinski definition) is 7. The van der Waals surface area contributed by atoms with Gasteiger partial charge in [0.25, 0.3) is 5.56 Å². The Balaban J connectivity index is 1.82. The molecular weight excluding hydrogens is 352 g/mol. The van der Waals surface area contributed by atoms with E-state index in [4.69, 9.17) is 4.74 Å². The van der Waals surface area contributed by atoms with Crippen molar-refractivity contribution < 1.29 is 13.2 Å². The standard InChI is InChI=1S/C14H20N4O4S2/c1-10-9-23-14-16-11(2)12(13(19)18(10)14)24(20,21)15-3-4-17-5-7-22-8-6-17/h9,15H,3-8H2,1-2H3. The first-order valence-corrected chi connectivity index (χ1v) is 10.0. The average Bonchev–Trinajstić information content (AvgIpc) is 2.89. The maximum Gasteiger partial charge on any atom is 0.279 e. The third-order valence-corrected chi connectivity index (χ3v) is 6.50. The number of aromatic nitrogens is 2. The van der Waals surface area contributed by atoms with Crippen LogP contribution in [0.15, 0.2) is 15.1 Å². The Morgan fingerprint density at radius 2 is 2.04 bits per heavy atom. The molecule has 132 valence electrons. The lowest BCUT2D eigenvalue weighted by Gasteiger charge is -2.26. The van der Waals surface area contributed by atoms with Crippen LogP contribution in [0.5, 0.6) is 0 Å². The summed E-state index contributed by atoms with van der Waals surface area (Å²) in [6, 6.07) is 0. The Bertz CT molecular complexity index is 897. The van der Waals surface area contributed by atoms with Gasteiger partial charge in [-0.05, 0) is 13.8 Å². The summed E-state index contributed by atoms with van der Waals surface area (Å²) < 4.78 is 34.3. The van der Waals surface area contributed by atoms with Crippen molar-refractivity contribution in [3.8, 4) is 0 Å². The smallest absolute Gasteiger partial charge is 0.279 e. The van der Waals surface area contributed by atoms with Gasteiger partial charge < -0.3 is 4.74 Å². The van der Waals surface area contributed by atoms with Gasteiger partial charge in [0.2, 0.25) is 10.0 Å². The van der Waals surface area contributed by atoms with Gasteiger partial charge in [-0.3, -0.25) is 14.1 Å². The van der Waals surface area contributed by atoms with Gasteiger partial charge in [0.05, 0.1) is 18.9 Å². The second-order valence-electron chi connectivity index (χ2n) is 5.68. The van der Waals surface area contributed by atoms with Crippen molar-refractivity contribution in [2.45, 2.75) is 18.7 Å². The molecule has 0 radical (unpaired) electrons. The molecule has 1 fully saturated rings. The molecule has 0 aliphatic carbocycles. The zero-order chi connectivity index (χ0) is 17.3. The average molecular weight is 372 g/mol. The van der Waals surface area contributed by atoms with Crippen LogP contribution in [0.25, 0.3) is 4.96 Å². The highest BCUT2D eigenvalue weighted by atomic mass is 32.2. The molecule has 0 spiro atoms. The maximum absolute atomic E-state index is 12.6. The van der Waals surface area contributed by atoms with E-state index in [1.807, 2.05) is 0 Å². The SMILES string of the molecule is Cc1nc2scc(C)n2c(=O)c1S(=O)(=O)NCCN1CCOCC1. The van der Waals surface area contributed by atoms with Crippen LogP contribution in [0.4, 0.5) is 0 Å². The second-order valence-corrected chi connectivity index (χ2v) is 8.22. The molecule has 2 aromatic rings. The molecule has 0 bridgehead atoms. The first kappa shape index (κ1) is 17.5. The number of morpholine rings is 1. The number of ether oxygens (including phenoxy) is 1. The van der Waals surface area contributed by atoms with Crippen LogP contribution in [-0.4, -0.2) is 62.1 Å². The van der Waals surface area contributed by atoms with E-state index in [0.717, 1.165) is 13.1 Å². The predicted molar refractivity (Wildman–Crippen MR) is 91.3 cm³/mol. The van der Waals surface area contributed by atoms with Crippen LogP contribution in [0.3, 0.4) is 0 Å². The number of thiazole rings is 1. The lowest BCUT2D eigenvalue weighted by atomic mass is 10.4. The van der Waals surface area contributed by atoms with Crippen LogP contribution >= 0.6 is 11.3 Å². The van der Waals surface area contributed by atoms with E-state index < -0.39 is 15.6 Å². The predicted octanol–water partition coefficient (Wildman–Crippen LogP) is -0.0167. The highest BCUT2D eigenvalue weighted by Crippen LogP contribution is 2.15. The Labute approximate surface area is 144 Å². The summed E-state index contributed by atoms with van der Waals surface area (Å²) in [4.78, 5) is 19.2. The quantitative estimate of drug-likeness (QED) is 0.793. The van der Waals surface area contributed by atoms with E-state index >= 15 is 0 Å². The number of nitrogens with one attached hydrogen (secondary N) is 1. The Morgan fingerprint density at radius 1 is 1.33 bits per heavy atom. The highest BCUT2D eigenvalue weighted by Gasteiger charge is 2.24. The van der Waals surface area contributed by atoms with Crippen molar-refractivity contribution in [2.75, 3.05) is 39.4 Å². The van der Waals surface area contributed by atoms with Gasteiger partial charge in [0, 0.05) is 37.3 Å². The largest absolute Gasteiger partial charge is 0.379 e. The minimum Gasteiger partial charge on any atom is -0.379 e. The highest BCUT2D eigenvalue weighted by molar-refractivity contribution is 7.89. The van der Waals surface area contributed by atoms with Crippen molar-refractivity contribution in [3.05, 3.63) is 27.1 Å². The molecule has 1 aliphatic rings. The van der Waals surface area contributed by atoms with Crippen LogP contribution < -0.4 is 10.3 Å². The lowest BCUT2D eigenvalue weighted by molar-refractivity contribution is 0.0390. The fraction of sp³-hybridized carbons (Fsp3) is 0.571. The van der Waals surface area contributed by atoms with Gasteiger partial charge in [0.15, 0.2) is 9.86 Å². The molecule has 1 saturated heterocycles. The summed E-state index contributed by atoms with van der Waals surface area (Å²) >= 11 is 1.32.